The molecular formula is C13H20ClN3O2S. The number of sulfonamides is 1. The summed E-state index contributed by atoms with van der Waals surface area (Å²) < 4.78 is 26.6. The molecule has 1 aromatic heterocycles. The first-order valence-corrected chi connectivity index (χ1v) is 8.78. The van der Waals surface area contributed by atoms with Crippen LogP contribution in [0.3, 0.4) is 0 Å². The maximum absolute atomic E-state index is 12.0. The Hall–Kier alpha value is -0.690. The van der Waals surface area contributed by atoms with E-state index in [1.165, 1.54) is 37.6 Å². The van der Waals surface area contributed by atoms with E-state index < -0.39 is 10.0 Å². The second kappa shape index (κ2) is 7.36. The maximum atomic E-state index is 12.0. The number of halogens is 1. The second-order valence-electron chi connectivity index (χ2n) is 4.97. The van der Waals surface area contributed by atoms with E-state index in [4.69, 9.17) is 11.6 Å². The van der Waals surface area contributed by atoms with Gasteiger partial charge in [0.25, 0.3) is 0 Å². The molecule has 7 heteroatoms. The molecule has 0 aromatic carbocycles. The molecule has 1 aliphatic heterocycles. The van der Waals surface area contributed by atoms with Gasteiger partial charge in [0.1, 0.15) is 5.15 Å². The highest BCUT2D eigenvalue weighted by molar-refractivity contribution is 7.89. The topological polar surface area (TPSA) is 62.3 Å². The van der Waals surface area contributed by atoms with Gasteiger partial charge in [0.05, 0.1) is 4.90 Å². The van der Waals surface area contributed by atoms with Crippen LogP contribution in [0.2, 0.25) is 5.15 Å². The summed E-state index contributed by atoms with van der Waals surface area (Å²) in [5.41, 5.74) is 0. The third kappa shape index (κ3) is 4.70. The first-order valence-electron chi connectivity index (χ1n) is 6.91. The molecule has 1 saturated heterocycles. The average Bonchev–Trinajstić information content (AvgIpc) is 2.45. The molecule has 2 heterocycles. The molecule has 0 aliphatic carbocycles. The van der Waals surface area contributed by atoms with Crippen molar-refractivity contribution in [3.8, 4) is 0 Å². The summed E-state index contributed by atoms with van der Waals surface area (Å²) in [6.45, 7) is 3.65. The van der Waals surface area contributed by atoms with E-state index in [0.29, 0.717) is 6.54 Å². The number of hydrogen-bond donors (Lipinski definition) is 1. The Bertz CT molecular complexity index is 530. The van der Waals surface area contributed by atoms with Gasteiger partial charge in [0, 0.05) is 12.7 Å². The molecule has 1 N–H and O–H groups in total. The number of piperidine rings is 1. The predicted octanol–water partition coefficient (Wildman–Crippen LogP) is 1.89. The van der Waals surface area contributed by atoms with E-state index in [-0.39, 0.29) is 10.0 Å². The van der Waals surface area contributed by atoms with E-state index >= 15 is 0 Å². The molecule has 1 aliphatic rings. The van der Waals surface area contributed by atoms with Crippen molar-refractivity contribution in [2.24, 2.45) is 0 Å². The molecule has 0 saturated carbocycles. The molecular weight excluding hydrogens is 298 g/mol. The number of nitrogens with zero attached hydrogens (tertiary/aromatic N) is 2. The molecule has 2 rings (SSSR count). The van der Waals surface area contributed by atoms with Crippen molar-refractivity contribution in [3.63, 3.8) is 0 Å². The zero-order valence-corrected chi connectivity index (χ0v) is 13.0. The van der Waals surface area contributed by atoms with Crippen LogP contribution in [0.5, 0.6) is 0 Å². The van der Waals surface area contributed by atoms with Gasteiger partial charge in [-0.1, -0.05) is 18.0 Å². The van der Waals surface area contributed by atoms with Gasteiger partial charge in [0.15, 0.2) is 0 Å². The van der Waals surface area contributed by atoms with Gasteiger partial charge in [0.2, 0.25) is 10.0 Å². The lowest BCUT2D eigenvalue weighted by Crippen LogP contribution is -2.33. The smallest absolute Gasteiger partial charge is 0.240 e. The third-order valence-electron chi connectivity index (χ3n) is 3.40. The molecule has 0 atom stereocenters. The van der Waals surface area contributed by atoms with Crippen LogP contribution >= 0.6 is 11.6 Å². The van der Waals surface area contributed by atoms with Crippen LogP contribution in [0.25, 0.3) is 0 Å². The van der Waals surface area contributed by atoms with Crippen molar-refractivity contribution in [2.75, 3.05) is 26.2 Å². The van der Waals surface area contributed by atoms with Crippen molar-refractivity contribution in [1.82, 2.24) is 14.6 Å². The summed E-state index contributed by atoms with van der Waals surface area (Å²) in [5, 5.41) is 0.182. The maximum Gasteiger partial charge on any atom is 0.240 e. The van der Waals surface area contributed by atoms with Crippen LogP contribution < -0.4 is 4.72 Å². The number of nitrogens with one attached hydrogen (secondary N) is 1. The largest absolute Gasteiger partial charge is 0.303 e. The Morgan fingerprint density at radius 1 is 1.30 bits per heavy atom. The van der Waals surface area contributed by atoms with Crippen molar-refractivity contribution >= 4 is 21.6 Å². The summed E-state index contributed by atoms with van der Waals surface area (Å²) in [7, 11) is -3.48. The van der Waals surface area contributed by atoms with Crippen molar-refractivity contribution in [2.45, 2.75) is 30.6 Å². The van der Waals surface area contributed by atoms with Crippen LogP contribution in [0.1, 0.15) is 25.7 Å². The van der Waals surface area contributed by atoms with Gasteiger partial charge >= 0.3 is 0 Å². The lowest BCUT2D eigenvalue weighted by molar-refractivity contribution is 0.227. The number of likely N-dealkylation sites (tertiary alicyclic amines) is 1. The lowest BCUT2D eigenvalue weighted by Gasteiger charge is -2.26. The summed E-state index contributed by atoms with van der Waals surface area (Å²) in [6, 6.07) is 2.80. The van der Waals surface area contributed by atoms with Crippen molar-refractivity contribution < 1.29 is 8.42 Å². The van der Waals surface area contributed by atoms with Crippen LogP contribution in [0, 0.1) is 0 Å². The Morgan fingerprint density at radius 3 is 2.75 bits per heavy atom. The standard InChI is InChI=1S/C13H20ClN3O2S/c14-13-11-12(5-7-15-13)20(18,19)16-6-4-10-17-8-2-1-3-9-17/h5,7,11,16H,1-4,6,8-10H2. The molecule has 0 amide bonds. The Balaban J connectivity index is 1.78. The molecule has 20 heavy (non-hydrogen) atoms. The fraction of sp³-hybridized carbons (Fsp3) is 0.615. The van der Waals surface area contributed by atoms with Crippen LogP contribution in [0.4, 0.5) is 0 Å². The summed E-state index contributed by atoms with van der Waals surface area (Å²) in [4.78, 5) is 6.33. The minimum absolute atomic E-state index is 0.162. The van der Waals surface area contributed by atoms with E-state index in [1.54, 1.807) is 0 Å². The van der Waals surface area contributed by atoms with Crippen LogP contribution in [-0.2, 0) is 10.0 Å². The Morgan fingerprint density at radius 2 is 2.05 bits per heavy atom. The van der Waals surface area contributed by atoms with Gasteiger partial charge < -0.3 is 4.90 Å². The summed E-state index contributed by atoms with van der Waals surface area (Å²) >= 11 is 5.70. The monoisotopic (exact) mass is 317 g/mol. The van der Waals surface area contributed by atoms with Crippen molar-refractivity contribution in [3.05, 3.63) is 23.5 Å². The Kier molecular flexibility index (Phi) is 5.77. The third-order valence-corrected chi connectivity index (χ3v) is 5.07. The summed E-state index contributed by atoms with van der Waals surface area (Å²) in [5.74, 6) is 0. The minimum atomic E-state index is -3.48. The molecule has 0 bridgehead atoms. The molecule has 5 nitrogen and oxygen atoms in total. The van der Waals surface area contributed by atoms with E-state index in [9.17, 15) is 8.42 Å². The zero-order chi connectivity index (χ0) is 14.4. The van der Waals surface area contributed by atoms with Gasteiger partial charge in [-0.15, -0.1) is 0 Å². The fourth-order valence-corrected chi connectivity index (χ4v) is 3.65. The quantitative estimate of drug-likeness (QED) is 0.643. The van der Waals surface area contributed by atoms with Gasteiger partial charge in [-0.25, -0.2) is 18.1 Å². The zero-order valence-electron chi connectivity index (χ0n) is 11.4. The lowest BCUT2D eigenvalue weighted by atomic mass is 10.1. The number of pyridine rings is 1. The number of rotatable bonds is 6. The highest BCUT2D eigenvalue weighted by Crippen LogP contribution is 2.12. The first kappa shape index (κ1) is 15.7. The minimum Gasteiger partial charge on any atom is -0.303 e. The van der Waals surface area contributed by atoms with Crippen LogP contribution in [0.15, 0.2) is 23.2 Å². The fourth-order valence-electron chi connectivity index (χ4n) is 2.33. The van der Waals surface area contributed by atoms with Crippen molar-refractivity contribution in [1.29, 1.82) is 0 Å². The van der Waals surface area contributed by atoms with E-state index in [0.717, 1.165) is 26.1 Å². The first-order chi connectivity index (χ1) is 9.58. The Labute approximate surface area is 125 Å². The SMILES string of the molecule is O=S(=O)(NCCCN1CCCCC1)c1ccnc(Cl)c1. The number of hydrogen-bond acceptors (Lipinski definition) is 4. The second-order valence-corrected chi connectivity index (χ2v) is 7.12. The highest BCUT2D eigenvalue weighted by Gasteiger charge is 2.14. The molecule has 0 spiro atoms. The normalized spacial score (nSPS) is 17.2. The molecule has 1 fully saturated rings. The number of aromatic nitrogens is 1. The highest BCUT2D eigenvalue weighted by atomic mass is 35.5. The summed E-state index contributed by atoms with van der Waals surface area (Å²) in [6.07, 6.45) is 6.02. The molecule has 1 aromatic rings. The van der Waals surface area contributed by atoms with Gasteiger partial charge in [-0.3, -0.25) is 0 Å². The molecule has 0 unspecified atom stereocenters. The average molecular weight is 318 g/mol. The van der Waals surface area contributed by atoms with Crippen LogP contribution in [-0.4, -0.2) is 44.5 Å². The predicted molar refractivity (Wildman–Crippen MR) is 79.3 cm³/mol. The van der Waals surface area contributed by atoms with Gasteiger partial charge in [-0.2, -0.15) is 0 Å². The van der Waals surface area contributed by atoms with Gasteiger partial charge in [-0.05, 0) is 51.0 Å². The van der Waals surface area contributed by atoms with E-state index in [1.807, 2.05) is 0 Å². The molecule has 0 radical (unpaired) electrons. The molecule has 112 valence electrons. The van der Waals surface area contributed by atoms with E-state index in [2.05, 4.69) is 14.6 Å².